The van der Waals surface area contributed by atoms with E-state index in [9.17, 15) is 4.79 Å². The van der Waals surface area contributed by atoms with Gasteiger partial charge in [0.25, 0.3) is 0 Å². The summed E-state index contributed by atoms with van der Waals surface area (Å²) in [6.07, 6.45) is 0.584. The van der Waals surface area contributed by atoms with Gasteiger partial charge in [-0.1, -0.05) is 32.9 Å². The highest BCUT2D eigenvalue weighted by molar-refractivity contribution is 5.76. The van der Waals surface area contributed by atoms with Gasteiger partial charge in [0.15, 0.2) is 0 Å². The third kappa shape index (κ3) is 4.05. The molecule has 0 aliphatic rings. The first kappa shape index (κ1) is 12.8. The van der Waals surface area contributed by atoms with Crippen molar-refractivity contribution in [1.82, 2.24) is 0 Å². The molecule has 2 heteroatoms. The van der Waals surface area contributed by atoms with E-state index in [-0.39, 0.29) is 11.2 Å². The van der Waals surface area contributed by atoms with Crippen molar-refractivity contribution in [1.29, 1.82) is 0 Å². The summed E-state index contributed by atoms with van der Waals surface area (Å²) in [7, 11) is 0. The van der Waals surface area contributed by atoms with E-state index in [1.807, 2.05) is 0 Å². The van der Waals surface area contributed by atoms with E-state index in [0.717, 1.165) is 5.69 Å². The van der Waals surface area contributed by atoms with Gasteiger partial charge in [0, 0.05) is 18.7 Å². The molecular formula is C14H21NO. The lowest BCUT2D eigenvalue weighted by Crippen LogP contribution is -2.11. The summed E-state index contributed by atoms with van der Waals surface area (Å²) in [5.74, 6) is 0.221. The van der Waals surface area contributed by atoms with Crippen LogP contribution in [0.15, 0.2) is 24.3 Å². The van der Waals surface area contributed by atoms with Crippen LogP contribution in [0.25, 0.3) is 0 Å². The molecule has 0 fully saturated rings. The molecule has 0 aliphatic heterocycles. The van der Waals surface area contributed by atoms with E-state index in [0.29, 0.717) is 13.0 Å². The Kier molecular flexibility index (Phi) is 4.11. The second kappa shape index (κ2) is 5.15. The van der Waals surface area contributed by atoms with Gasteiger partial charge in [-0.15, -0.1) is 0 Å². The van der Waals surface area contributed by atoms with E-state index < -0.39 is 0 Å². The zero-order valence-electron chi connectivity index (χ0n) is 10.6. The summed E-state index contributed by atoms with van der Waals surface area (Å²) < 4.78 is 0. The largest absolute Gasteiger partial charge is 0.385 e. The molecule has 1 rings (SSSR count). The van der Waals surface area contributed by atoms with Gasteiger partial charge in [-0.05, 0) is 30.0 Å². The lowest BCUT2D eigenvalue weighted by atomic mass is 9.87. The van der Waals surface area contributed by atoms with Crippen LogP contribution in [0.2, 0.25) is 0 Å². The van der Waals surface area contributed by atoms with Gasteiger partial charge >= 0.3 is 0 Å². The van der Waals surface area contributed by atoms with Crippen molar-refractivity contribution in [3.05, 3.63) is 29.8 Å². The first-order chi connectivity index (χ1) is 7.39. The first-order valence-electron chi connectivity index (χ1n) is 5.73. The van der Waals surface area contributed by atoms with Gasteiger partial charge in [-0.25, -0.2) is 0 Å². The standard InChI is InChI=1S/C14H21NO/c1-11(16)9-10-15-13-7-5-12(6-8-13)14(2,3)4/h5-8,15H,9-10H2,1-4H3. The predicted molar refractivity (Wildman–Crippen MR) is 68.9 cm³/mol. The Bertz CT molecular complexity index is 346. The maximum Gasteiger partial charge on any atom is 0.131 e. The van der Waals surface area contributed by atoms with Crippen LogP contribution in [-0.4, -0.2) is 12.3 Å². The highest BCUT2D eigenvalue weighted by Crippen LogP contribution is 2.23. The maximum atomic E-state index is 10.8. The number of ketones is 1. The van der Waals surface area contributed by atoms with Crippen molar-refractivity contribution < 1.29 is 4.79 Å². The number of benzene rings is 1. The van der Waals surface area contributed by atoms with E-state index in [1.54, 1.807) is 6.92 Å². The van der Waals surface area contributed by atoms with Gasteiger partial charge in [0.05, 0.1) is 0 Å². The highest BCUT2D eigenvalue weighted by Gasteiger charge is 2.12. The zero-order valence-corrected chi connectivity index (χ0v) is 10.6. The summed E-state index contributed by atoms with van der Waals surface area (Å²) >= 11 is 0. The number of carbonyl (C=O) groups is 1. The van der Waals surface area contributed by atoms with E-state index in [1.165, 1.54) is 5.56 Å². The fraction of sp³-hybridized carbons (Fsp3) is 0.500. The third-order valence-electron chi connectivity index (χ3n) is 2.56. The Morgan fingerprint density at radius 3 is 2.19 bits per heavy atom. The summed E-state index contributed by atoms with van der Waals surface area (Å²) in [6, 6.07) is 8.41. The molecule has 0 heterocycles. The van der Waals surface area contributed by atoms with Crippen molar-refractivity contribution in [2.75, 3.05) is 11.9 Å². The molecule has 0 unspecified atom stereocenters. The van der Waals surface area contributed by atoms with Crippen molar-refractivity contribution in [2.24, 2.45) is 0 Å². The molecule has 0 radical (unpaired) electrons. The molecular weight excluding hydrogens is 198 g/mol. The zero-order chi connectivity index (χ0) is 12.2. The summed E-state index contributed by atoms with van der Waals surface area (Å²) in [6.45, 7) is 8.93. The number of nitrogens with one attached hydrogen (secondary N) is 1. The van der Waals surface area contributed by atoms with Crippen LogP contribution in [-0.2, 0) is 10.2 Å². The Morgan fingerprint density at radius 1 is 1.19 bits per heavy atom. The molecule has 0 atom stereocenters. The van der Waals surface area contributed by atoms with Crippen LogP contribution in [0.5, 0.6) is 0 Å². The molecule has 1 N–H and O–H groups in total. The van der Waals surface area contributed by atoms with Crippen LogP contribution < -0.4 is 5.32 Å². The number of hydrogen-bond donors (Lipinski definition) is 1. The molecule has 88 valence electrons. The Hall–Kier alpha value is -1.31. The number of carbonyl (C=O) groups excluding carboxylic acids is 1. The fourth-order valence-corrected chi connectivity index (χ4v) is 1.47. The molecule has 2 nitrogen and oxygen atoms in total. The molecule has 16 heavy (non-hydrogen) atoms. The van der Waals surface area contributed by atoms with Gasteiger partial charge in [-0.3, -0.25) is 4.79 Å². The van der Waals surface area contributed by atoms with Crippen molar-refractivity contribution in [2.45, 2.75) is 39.5 Å². The minimum atomic E-state index is 0.192. The molecule has 0 amide bonds. The van der Waals surface area contributed by atoms with E-state index in [4.69, 9.17) is 0 Å². The van der Waals surface area contributed by atoms with Gasteiger partial charge in [0.2, 0.25) is 0 Å². The Labute approximate surface area is 98.1 Å². The summed E-state index contributed by atoms with van der Waals surface area (Å²) in [5.41, 5.74) is 2.59. The van der Waals surface area contributed by atoms with Gasteiger partial charge in [-0.2, -0.15) is 0 Å². The second-order valence-corrected chi connectivity index (χ2v) is 5.21. The average molecular weight is 219 g/mol. The average Bonchev–Trinajstić information content (AvgIpc) is 2.16. The molecule has 0 saturated carbocycles. The fourth-order valence-electron chi connectivity index (χ4n) is 1.47. The van der Waals surface area contributed by atoms with Crippen molar-refractivity contribution >= 4 is 11.5 Å². The monoisotopic (exact) mass is 219 g/mol. The quantitative estimate of drug-likeness (QED) is 0.841. The molecule has 0 aromatic heterocycles. The van der Waals surface area contributed by atoms with Crippen molar-refractivity contribution in [3.63, 3.8) is 0 Å². The van der Waals surface area contributed by atoms with E-state index >= 15 is 0 Å². The van der Waals surface area contributed by atoms with Crippen LogP contribution >= 0.6 is 0 Å². The third-order valence-corrected chi connectivity index (χ3v) is 2.56. The normalized spacial score (nSPS) is 11.2. The second-order valence-electron chi connectivity index (χ2n) is 5.21. The predicted octanol–water partition coefficient (Wildman–Crippen LogP) is 3.38. The smallest absolute Gasteiger partial charge is 0.131 e. The molecule has 0 spiro atoms. The molecule has 1 aromatic carbocycles. The molecule has 0 aliphatic carbocycles. The van der Waals surface area contributed by atoms with E-state index in [2.05, 4.69) is 50.4 Å². The minimum Gasteiger partial charge on any atom is -0.385 e. The van der Waals surface area contributed by atoms with Gasteiger partial charge < -0.3 is 5.32 Å². The Morgan fingerprint density at radius 2 is 1.75 bits per heavy atom. The molecule has 0 bridgehead atoms. The number of anilines is 1. The maximum absolute atomic E-state index is 10.8. The van der Waals surface area contributed by atoms with Crippen LogP contribution in [0, 0.1) is 0 Å². The van der Waals surface area contributed by atoms with Crippen molar-refractivity contribution in [3.8, 4) is 0 Å². The molecule has 1 aromatic rings. The molecule has 0 saturated heterocycles. The van der Waals surface area contributed by atoms with Crippen LogP contribution in [0.1, 0.15) is 39.7 Å². The van der Waals surface area contributed by atoms with Crippen LogP contribution in [0.3, 0.4) is 0 Å². The first-order valence-corrected chi connectivity index (χ1v) is 5.73. The minimum absolute atomic E-state index is 0.192. The lowest BCUT2D eigenvalue weighted by molar-refractivity contribution is -0.116. The number of Topliss-reactive ketones (excluding diaryl/α,β-unsaturated/α-hetero) is 1. The van der Waals surface area contributed by atoms with Gasteiger partial charge in [0.1, 0.15) is 5.78 Å². The lowest BCUT2D eigenvalue weighted by Gasteiger charge is -2.19. The number of rotatable bonds is 4. The highest BCUT2D eigenvalue weighted by atomic mass is 16.1. The summed E-state index contributed by atoms with van der Waals surface area (Å²) in [4.78, 5) is 10.8. The van der Waals surface area contributed by atoms with Crippen LogP contribution in [0.4, 0.5) is 5.69 Å². The summed E-state index contributed by atoms with van der Waals surface area (Å²) in [5, 5.41) is 3.23. The Balaban J connectivity index is 2.55. The topological polar surface area (TPSA) is 29.1 Å². The number of hydrogen-bond acceptors (Lipinski definition) is 2. The SMILES string of the molecule is CC(=O)CCNc1ccc(C(C)(C)C)cc1.